The molecule has 29 heavy (non-hydrogen) atoms. The molecule has 0 aliphatic heterocycles. The number of halogens is 1. The molecule has 0 aliphatic carbocycles. The van der Waals surface area contributed by atoms with Gasteiger partial charge in [0.1, 0.15) is 30.6 Å². The first-order valence-corrected chi connectivity index (χ1v) is 11.0. The van der Waals surface area contributed by atoms with Crippen molar-refractivity contribution in [1.82, 2.24) is 5.09 Å². The number of methoxy groups -OCH3 is 1. The molecule has 166 valence electrons. The largest absolute Gasteiger partial charge is 0.461 e. The first-order valence-electron chi connectivity index (χ1n) is 9.48. The average molecular weight is 435 g/mol. The lowest BCUT2D eigenvalue weighted by molar-refractivity contribution is -0.202. The molecular formula is C19H31FNO7P. The smallest absolute Gasteiger partial charge is 0.459 e. The minimum absolute atomic E-state index is 0.183. The highest BCUT2D eigenvalue weighted by molar-refractivity contribution is 7.52. The molecule has 1 aromatic rings. The fraction of sp³-hybridized carbons (Fsp3) is 0.632. The summed E-state index contributed by atoms with van der Waals surface area (Å²) in [5, 5.41) is 12.0. The molecule has 0 aliphatic rings. The summed E-state index contributed by atoms with van der Waals surface area (Å²) in [6.45, 7) is 5.47. The molecule has 0 saturated carbocycles. The Hall–Kier alpha value is -1.51. The molecule has 0 amide bonds. The second-order valence-electron chi connectivity index (χ2n) is 6.57. The van der Waals surface area contributed by atoms with Crippen LogP contribution in [0.3, 0.4) is 0 Å². The summed E-state index contributed by atoms with van der Waals surface area (Å²) in [5.41, 5.74) is 0. The van der Waals surface area contributed by atoms with E-state index in [-0.39, 0.29) is 11.9 Å². The first kappa shape index (κ1) is 25.5. The zero-order chi connectivity index (χ0) is 22.1. The second kappa shape index (κ2) is 11.6. The highest BCUT2D eigenvalue weighted by Gasteiger charge is 2.41. The van der Waals surface area contributed by atoms with Gasteiger partial charge in [-0.3, -0.25) is 9.32 Å². The van der Waals surface area contributed by atoms with Gasteiger partial charge >= 0.3 is 13.7 Å². The predicted octanol–water partition coefficient (Wildman–Crippen LogP) is 3.59. The van der Waals surface area contributed by atoms with Gasteiger partial charge in [0.25, 0.3) is 5.85 Å². The summed E-state index contributed by atoms with van der Waals surface area (Å²) in [6, 6.07) is 7.02. The van der Waals surface area contributed by atoms with Crippen LogP contribution in [0.2, 0.25) is 0 Å². The summed E-state index contributed by atoms with van der Waals surface area (Å²) in [5.74, 6) is -3.08. The molecule has 1 rings (SSSR count). The maximum atomic E-state index is 14.6. The minimum Gasteiger partial charge on any atom is -0.461 e. The zero-order valence-corrected chi connectivity index (χ0v) is 18.4. The molecule has 2 N–H and O–H groups in total. The quantitative estimate of drug-likeness (QED) is 0.358. The number of para-hydroxylation sites is 1. The van der Waals surface area contributed by atoms with Crippen molar-refractivity contribution >= 4 is 13.7 Å². The van der Waals surface area contributed by atoms with Gasteiger partial charge in [0.15, 0.2) is 0 Å². The van der Waals surface area contributed by atoms with E-state index in [1.54, 1.807) is 18.2 Å². The third kappa shape index (κ3) is 8.03. The van der Waals surface area contributed by atoms with E-state index < -0.39 is 38.3 Å². The van der Waals surface area contributed by atoms with Crippen molar-refractivity contribution in [1.29, 1.82) is 0 Å². The number of carbonyl (C=O) groups is 1. The summed E-state index contributed by atoms with van der Waals surface area (Å²) in [4.78, 5) is 12.3. The molecule has 0 fully saturated rings. The Balaban J connectivity index is 2.98. The van der Waals surface area contributed by atoms with Crippen molar-refractivity contribution < 1.29 is 37.4 Å². The van der Waals surface area contributed by atoms with Gasteiger partial charge in [-0.1, -0.05) is 32.0 Å². The monoisotopic (exact) mass is 435 g/mol. The molecule has 1 aromatic carbocycles. The lowest BCUT2D eigenvalue weighted by atomic mass is 10.2. The SMILES string of the molecule is CCC(CC)OC(=O)C(C)NP(=O)(OC[C@@](F)(OC)[C@H](C)O)Oc1ccccc1. The Morgan fingerprint density at radius 3 is 2.31 bits per heavy atom. The van der Waals surface area contributed by atoms with Gasteiger partial charge in [-0.25, -0.2) is 8.96 Å². The van der Waals surface area contributed by atoms with Crippen LogP contribution in [-0.4, -0.2) is 48.9 Å². The molecule has 0 saturated heterocycles. The maximum Gasteiger partial charge on any atom is 0.459 e. The van der Waals surface area contributed by atoms with Gasteiger partial charge < -0.3 is 19.1 Å². The van der Waals surface area contributed by atoms with Crippen LogP contribution in [0.25, 0.3) is 0 Å². The number of aliphatic hydroxyl groups is 1. The highest BCUT2D eigenvalue weighted by atomic mass is 31.2. The molecule has 0 heterocycles. The normalized spacial score (nSPS) is 17.8. The Bertz CT molecular complexity index is 672. The van der Waals surface area contributed by atoms with Gasteiger partial charge in [-0.2, -0.15) is 5.09 Å². The Kier molecular flexibility index (Phi) is 10.2. The second-order valence-corrected chi connectivity index (χ2v) is 8.26. The minimum atomic E-state index is -4.24. The van der Waals surface area contributed by atoms with E-state index >= 15 is 0 Å². The van der Waals surface area contributed by atoms with Crippen LogP contribution in [0.5, 0.6) is 5.75 Å². The van der Waals surface area contributed by atoms with E-state index in [4.69, 9.17) is 13.8 Å². The topological polar surface area (TPSA) is 103 Å². The average Bonchev–Trinajstić information content (AvgIpc) is 2.70. The van der Waals surface area contributed by atoms with E-state index in [1.165, 1.54) is 26.0 Å². The molecule has 0 aromatic heterocycles. The molecule has 0 radical (unpaired) electrons. The molecule has 4 atom stereocenters. The molecule has 8 nitrogen and oxygen atoms in total. The number of nitrogens with one attached hydrogen (secondary N) is 1. The number of benzene rings is 1. The molecule has 0 bridgehead atoms. The van der Waals surface area contributed by atoms with E-state index in [9.17, 15) is 18.9 Å². The Morgan fingerprint density at radius 2 is 1.83 bits per heavy atom. The predicted molar refractivity (Wildman–Crippen MR) is 106 cm³/mol. The number of carbonyl (C=O) groups excluding carboxylic acids is 1. The number of rotatable bonds is 13. The van der Waals surface area contributed by atoms with Crippen LogP contribution in [0, 0.1) is 0 Å². The van der Waals surface area contributed by atoms with Crippen molar-refractivity contribution in [3.63, 3.8) is 0 Å². The Morgan fingerprint density at radius 1 is 1.24 bits per heavy atom. The third-order valence-corrected chi connectivity index (χ3v) is 5.89. The van der Waals surface area contributed by atoms with Crippen molar-refractivity contribution in [3.05, 3.63) is 30.3 Å². The fourth-order valence-electron chi connectivity index (χ4n) is 2.24. The summed E-state index contributed by atoms with van der Waals surface area (Å²) < 4.78 is 48.4. The van der Waals surface area contributed by atoms with Crippen molar-refractivity contribution in [3.8, 4) is 5.75 Å². The molecule has 10 heteroatoms. The van der Waals surface area contributed by atoms with E-state index in [2.05, 4.69) is 9.82 Å². The number of aliphatic hydroxyl groups excluding tert-OH is 1. The third-order valence-electron chi connectivity index (χ3n) is 4.26. The van der Waals surface area contributed by atoms with E-state index in [0.29, 0.717) is 12.8 Å². The summed E-state index contributed by atoms with van der Waals surface area (Å²) >= 11 is 0. The summed E-state index contributed by atoms with van der Waals surface area (Å²) in [6.07, 6.45) is -0.564. The number of hydrogen-bond donors (Lipinski definition) is 2. The van der Waals surface area contributed by atoms with Gasteiger partial charge in [-0.05, 0) is 38.8 Å². The van der Waals surface area contributed by atoms with Gasteiger partial charge in [0, 0.05) is 7.11 Å². The van der Waals surface area contributed by atoms with Crippen LogP contribution >= 0.6 is 7.75 Å². The first-order chi connectivity index (χ1) is 13.6. The van der Waals surface area contributed by atoms with E-state index in [0.717, 1.165) is 7.11 Å². The van der Waals surface area contributed by atoms with Crippen LogP contribution in [0.15, 0.2) is 30.3 Å². The van der Waals surface area contributed by atoms with Gasteiger partial charge in [0.05, 0.1) is 0 Å². The molecule has 2 unspecified atom stereocenters. The molecule has 0 spiro atoms. The fourth-order valence-corrected chi connectivity index (χ4v) is 3.75. The van der Waals surface area contributed by atoms with E-state index in [1.807, 2.05) is 13.8 Å². The van der Waals surface area contributed by atoms with Gasteiger partial charge in [-0.15, -0.1) is 0 Å². The van der Waals surface area contributed by atoms with Gasteiger partial charge in [0.2, 0.25) is 0 Å². The number of ether oxygens (including phenoxy) is 2. The van der Waals surface area contributed by atoms with Crippen LogP contribution in [-0.2, 0) is 23.4 Å². The number of hydrogen-bond acceptors (Lipinski definition) is 7. The lowest BCUT2D eigenvalue weighted by Crippen LogP contribution is -2.43. The van der Waals surface area contributed by atoms with Crippen molar-refractivity contribution in [2.75, 3.05) is 13.7 Å². The zero-order valence-electron chi connectivity index (χ0n) is 17.5. The summed E-state index contributed by atoms with van der Waals surface area (Å²) in [7, 11) is -3.20. The van der Waals surface area contributed by atoms with Crippen molar-refractivity contribution in [2.24, 2.45) is 0 Å². The number of alkyl halides is 1. The van der Waals surface area contributed by atoms with Crippen LogP contribution in [0.1, 0.15) is 40.5 Å². The lowest BCUT2D eigenvalue weighted by Gasteiger charge is -2.29. The standard InChI is InChI=1S/C19H31FNO7P/c1-6-16(7-2)27-18(23)14(3)21-29(24,28-17-11-9-8-10-12-17)26-13-19(20,25-5)15(4)22/h8-12,14-16,22H,6-7,13H2,1-5H3,(H,21,24)/t14?,15-,19+,29?/m0/s1. The maximum absolute atomic E-state index is 14.6. The molecular weight excluding hydrogens is 404 g/mol. The Labute approximate surface area is 171 Å². The van der Waals surface area contributed by atoms with Crippen molar-refractivity contribution in [2.45, 2.75) is 64.6 Å². The van der Waals surface area contributed by atoms with Crippen LogP contribution < -0.4 is 9.61 Å². The highest BCUT2D eigenvalue weighted by Crippen LogP contribution is 2.46. The number of esters is 1. The van der Waals surface area contributed by atoms with Crippen LogP contribution in [0.4, 0.5) is 4.39 Å².